The highest BCUT2D eigenvalue weighted by Gasteiger charge is 2.65. The molecule has 7 rings (SSSR count). The van der Waals surface area contributed by atoms with Crippen molar-refractivity contribution in [2.75, 3.05) is 17.2 Å². The maximum atomic E-state index is 13.5. The SMILES string of the molecule is Cn1nc(C(F)F)cc1Nc1nncn1C1CCc2sc(NC(=O)[C@H]3CC34CC4)c(C(=O)NC[C@H]3CC3(F)F)c2C1. The molecule has 4 aliphatic carbocycles. The fourth-order valence-electron chi connectivity index (χ4n) is 5.98. The van der Waals surface area contributed by atoms with Crippen molar-refractivity contribution >= 4 is 39.9 Å². The molecule has 3 fully saturated rings. The summed E-state index contributed by atoms with van der Waals surface area (Å²) < 4.78 is 56.3. The van der Waals surface area contributed by atoms with Gasteiger partial charge in [0.1, 0.15) is 22.8 Å². The largest absolute Gasteiger partial charge is 0.351 e. The number of anilines is 3. The van der Waals surface area contributed by atoms with Gasteiger partial charge in [-0.1, -0.05) is 0 Å². The number of hydrogen-bond donors (Lipinski definition) is 3. The quantitative estimate of drug-likeness (QED) is 0.313. The number of hydrogen-bond acceptors (Lipinski definition) is 7. The van der Waals surface area contributed by atoms with Crippen LogP contribution >= 0.6 is 11.3 Å². The molecule has 0 radical (unpaired) electrons. The third-order valence-corrected chi connectivity index (χ3v) is 10.1. The molecule has 1 spiro atoms. The summed E-state index contributed by atoms with van der Waals surface area (Å²) in [5.41, 5.74) is 0.870. The number of fused-ring (bicyclic) bond motifs is 1. The first-order valence-corrected chi connectivity index (χ1v) is 14.5. The summed E-state index contributed by atoms with van der Waals surface area (Å²) in [5.74, 6) is -3.60. The van der Waals surface area contributed by atoms with Crippen LogP contribution in [0.25, 0.3) is 0 Å². The van der Waals surface area contributed by atoms with Crippen molar-refractivity contribution < 1.29 is 27.2 Å². The second-order valence-corrected chi connectivity index (χ2v) is 12.8. The molecular formula is C26H28F4N8O2S. The van der Waals surface area contributed by atoms with E-state index in [0.717, 1.165) is 29.7 Å². The Morgan fingerprint density at radius 1 is 1.24 bits per heavy atom. The van der Waals surface area contributed by atoms with Gasteiger partial charge in [-0.3, -0.25) is 18.8 Å². The van der Waals surface area contributed by atoms with Crippen LogP contribution < -0.4 is 16.0 Å². The van der Waals surface area contributed by atoms with E-state index in [1.165, 1.54) is 35.5 Å². The molecule has 41 heavy (non-hydrogen) atoms. The number of aromatic nitrogens is 5. The van der Waals surface area contributed by atoms with E-state index in [2.05, 4.69) is 31.2 Å². The number of carbonyl (C=O) groups is 2. The molecule has 1 unspecified atom stereocenters. The van der Waals surface area contributed by atoms with Crippen LogP contribution in [0.4, 0.5) is 34.3 Å². The zero-order chi connectivity index (χ0) is 28.7. The number of rotatable bonds is 9. The van der Waals surface area contributed by atoms with Gasteiger partial charge < -0.3 is 16.0 Å². The van der Waals surface area contributed by atoms with Gasteiger partial charge in [0, 0.05) is 48.8 Å². The Balaban J connectivity index is 1.14. The summed E-state index contributed by atoms with van der Waals surface area (Å²) in [6.45, 7) is -0.135. The van der Waals surface area contributed by atoms with Crippen LogP contribution in [0, 0.1) is 17.3 Å². The monoisotopic (exact) mass is 592 g/mol. The summed E-state index contributed by atoms with van der Waals surface area (Å²) >= 11 is 1.37. The molecule has 3 saturated carbocycles. The summed E-state index contributed by atoms with van der Waals surface area (Å²) in [6, 6.07) is 1.06. The van der Waals surface area contributed by atoms with E-state index in [1.54, 1.807) is 4.57 Å². The van der Waals surface area contributed by atoms with Gasteiger partial charge in [0.15, 0.2) is 0 Å². The number of alkyl halides is 4. The van der Waals surface area contributed by atoms with Crippen LogP contribution in [0.5, 0.6) is 0 Å². The minimum absolute atomic E-state index is 0.0429. The Morgan fingerprint density at radius 3 is 2.68 bits per heavy atom. The summed E-state index contributed by atoms with van der Waals surface area (Å²) in [4.78, 5) is 27.4. The van der Waals surface area contributed by atoms with Gasteiger partial charge in [0.25, 0.3) is 18.3 Å². The molecule has 3 aromatic rings. The lowest BCUT2D eigenvalue weighted by molar-refractivity contribution is -0.117. The van der Waals surface area contributed by atoms with Crippen LogP contribution in [0.1, 0.15) is 71.1 Å². The molecule has 2 amide bonds. The minimum atomic E-state index is -2.75. The molecule has 0 bridgehead atoms. The topological polar surface area (TPSA) is 119 Å². The van der Waals surface area contributed by atoms with Gasteiger partial charge in [0.2, 0.25) is 11.9 Å². The minimum Gasteiger partial charge on any atom is -0.351 e. The number of carbonyl (C=O) groups excluding carboxylic acids is 2. The van der Waals surface area contributed by atoms with Crippen molar-refractivity contribution in [2.45, 2.75) is 63.3 Å². The molecule has 10 nitrogen and oxygen atoms in total. The first-order valence-electron chi connectivity index (χ1n) is 13.6. The van der Waals surface area contributed by atoms with Crippen molar-refractivity contribution in [3.8, 4) is 0 Å². The first kappa shape index (κ1) is 26.4. The maximum absolute atomic E-state index is 13.5. The summed E-state index contributed by atoms with van der Waals surface area (Å²) in [7, 11) is 1.54. The Hall–Kier alpha value is -3.49. The highest BCUT2D eigenvalue weighted by Crippen LogP contribution is 2.70. The van der Waals surface area contributed by atoms with Gasteiger partial charge >= 0.3 is 0 Å². The van der Waals surface area contributed by atoms with E-state index < -0.39 is 24.2 Å². The lowest BCUT2D eigenvalue weighted by Crippen LogP contribution is -2.29. The number of nitrogens with one attached hydrogen (secondary N) is 3. The predicted molar refractivity (Wildman–Crippen MR) is 141 cm³/mol. The van der Waals surface area contributed by atoms with E-state index >= 15 is 0 Å². The van der Waals surface area contributed by atoms with Gasteiger partial charge in [-0.25, -0.2) is 17.6 Å². The predicted octanol–water partition coefficient (Wildman–Crippen LogP) is 4.61. The molecule has 0 aromatic carbocycles. The number of thiophene rings is 1. The van der Waals surface area contributed by atoms with E-state index in [9.17, 15) is 27.2 Å². The number of amides is 2. The zero-order valence-electron chi connectivity index (χ0n) is 22.1. The highest BCUT2D eigenvalue weighted by molar-refractivity contribution is 7.17. The number of nitrogens with zero attached hydrogens (tertiary/aromatic N) is 5. The van der Waals surface area contributed by atoms with Crippen molar-refractivity contribution in [3.63, 3.8) is 0 Å². The smallest absolute Gasteiger partial charge is 0.282 e. The van der Waals surface area contributed by atoms with Crippen molar-refractivity contribution in [1.82, 2.24) is 29.9 Å². The molecule has 218 valence electrons. The molecular weight excluding hydrogens is 564 g/mol. The Morgan fingerprint density at radius 2 is 2.02 bits per heavy atom. The first-order chi connectivity index (χ1) is 19.5. The molecule has 0 aliphatic heterocycles. The summed E-state index contributed by atoms with van der Waals surface area (Å²) in [6.07, 6.45) is 3.25. The lowest BCUT2D eigenvalue weighted by Gasteiger charge is -2.25. The van der Waals surface area contributed by atoms with E-state index in [-0.39, 0.29) is 41.9 Å². The molecule has 3 N–H and O–H groups in total. The van der Waals surface area contributed by atoms with Crippen molar-refractivity contribution in [2.24, 2.45) is 24.3 Å². The third-order valence-electron chi connectivity index (χ3n) is 8.89. The summed E-state index contributed by atoms with van der Waals surface area (Å²) in [5, 5.41) is 21.1. The second kappa shape index (κ2) is 9.26. The highest BCUT2D eigenvalue weighted by atomic mass is 32.1. The van der Waals surface area contributed by atoms with Crippen LogP contribution in [0.2, 0.25) is 0 Å². The maximum Gasteiger partial charge on any atom is 0.282 e. The van der Waals surface area contributed by atoms with Gasteiger partial charge in [-0.05, 0) is 49.5 Å². The number of halogens is 4. The van der Waals surface area contributed by atoms with Crippen molar-refractivity contribution in [1.29, 1.82) is 0 Å². The molecule has 0 saturated heterocycles. The van der Waals surface area contributed by atoms with Crippen LogP contribution in [0.3, 0.4) is 0 Å². The molecule has 15 heteroatoms. The molecule has 4 aliphatic rings. The van der Waals surface area contributed by atoms with Gasteiger partial charge in [-0.2, -0.15) is 5.10 Å². The molecule has 3 aromatic heterocycles. The Kier molecular flexibility index (Phi) is 5.97. The van der Waals surface area contributed by atoms with E-state index in [4.69, 9.17) is 0 Å². The average Bonchev–Trinajstić information content (AvgIpc) is 3.83. The standard InChI is InChI=1S/C26H28F4N8O2S/c1-37-18(7-16(36-37)20(27)28)33-24-35-32-11-38(24)13-2-3-17-14(6-13)19(22(40)31-10-12-8-26(12,29)30)23(41-17)34-21(39)15-9-25(15)4-5-25/h7,11-13,15,20H,2-6,8-10H2,1H3,(H,31,40)(H,33,35)(H,34,39)/t12-,13?,15-/m1/s1. The third kappa shape index (κ3) is 4.77. The number of aryl methyl sites for hydroxylation is 2. The van der Waals surface area contributed by atoms with Gasteiger partial charge in [0.05, 0.1) is 5.56 Å². The average molecular weight is 593 g/mol. The fraction of sp³-hybridized carbons (Fsp3) is 0.577. The van der Waals surface area contributed by atoms with Crippen LogP contribution in [0.15, 0.2) is 12.4 Å². The van der Waals surface area contributed by atoms with Crippen LogP contribution in [-0.2, 0) is 24.7 Å². The Labute approximate surface area is 235 Å². The van der Waals surface area contributed by atoms with Crippen LogP contribution in [-0.4, -0.2) is 48.8 Å². The Bertz CT molecular complexity index is 1540. The van der Waals surface area contributed by atoms with Crippen molar-refractivity contribution in [3.05, 3.63) is 34.1 Å². The fourth-order valence-corrected chi connectivity index (χ4v) is 7.23. The molecule has 3 atom stereocenters. The zero-order valence-corrected chi connectivity index (χ0v) is 22.9. The van der Waals surface area contributed by atoms with E-state index in [0.29, 0.717) is 41.6 Å². The molecule has 3 heterocycles. The lowest BCUT2D eigenvalue weighted by atomic mass is 9.91. The van der Waals surface area contributed by atoms with Gasteiger partial charge in [-0.15, -0.1) is 21.5 Å². The van der Waals surface area contributed by atoms with E-state index in [1.807, 2.05) is 0 Å². The normalized spacial score (nSPS) is 24.7. The second-order valence-electron chi connectivity index (χ2n) is 11.7.